The quantitative estimate of drug-likeness (QED) is 0.495. The van der Waals surface area contributed by atoms with Crippen LogP contribution in [0.15, 0.2) is 0 Å². The van der Waals surface area contributed by atoms with E-state index < -0.39 is 0 Å². The van der Waals surface area contributed by atoms with Gasteiger partial charge in [0.25, 0.3) is 0 Å². The maximum atomic E-state index is 11.7. The summed E-state index contributed by atoms with van der Waals surface area (Å²) in [5, 5.41) is 0. The van der Waals surface area contributed by atoms with Gasteiger partial charge in [0.05, 0.1) is 19.6 Å². The van der Waals surface area contributed by atoms with Crippen LogP contribution in [0.2, 0.25) is 0 Å². The molecule has 1 aliphatic rings. The smallest absolute Gasteiger partial charge is 0.224 e. The zero-order chi connectivity index (χ0) is 11.8. The molecule has 6 heteroatoms. The number of likely N-dealkylation sites (N-methyl/N-ethyl adjacent to an activating group) is 1. The van der Waals surface area contributed by atoms with E-state index in [0.717, 1.165) is 26.2 Å². The number of nitrogens with zero attached hydrogens (tertiary/aromatic N) is 2. The summed E-state index contributed by atoms with van der Waals surface area (Å²) in [7, 11) is 2.08. The Balaban J connectivity index is 2.06. The second-order valence-electron chi connectivity index (χ2n) is 3.95. The zero-order valence-electron chi connectivity index (χ0n) is 9.81. The van der Waals surface area contributed by atoms with Gasteiger partial charge in [-0.3, -0.25) is 9.52 Å². The fourth-order valence-electron chi connectivity index (χ4n) is 1.59. The van der Waals surface area contributed by atoms with Crippen LogP contribution in [-0.4, -0.2) is 68.7 Å². The van der Waals surface area contributed by atoms with Crippen LogP contribution in [0.25, 0.3) is 0 Å². The van der Waals surface area contributed by atoms with Crippen LogP contribution in [0.5, 0.6) is 0 Å². The summed E-state index contributed by atoms with van der Waals surface area (Å²) in [5.41, 5.74) is 0. The van der Waals surface area contributed by atoms with Crippen molar-refractivity contribution in [3.8, 4) is 0 Å². The highest BCUT2D eigenvalue weighted by atomic mass is 32.1. The number of hydrogen-bond acceptors (Lipinski definition) is 5. The van der Waals surface area contributed by atoms with Gasteiger partial charge >= 0.3 is 0 Å². The second kappa shape index (κ2) is 7.89. The minimum atomic E-state index is 0.201. The lowest BCUT2D eigenvalue weighted by atomic mass is 10.3. The Morgan fingerprint density at radius 2 is 2.00 bits per heavy atom. The lowest BCUT2D eigenvalue weighted by Crippen LogP contribution is -2.47. The molecule has 0 radical (unpaired) electrons. The third-order valence-electron chi connectivity index (χ3n) is 2.67. The second-order valence-corrected chi connectivity index (χ2v) is 4.27. The van der Waals surface area contributed by atoms with E-state index in [1.807, 2.05) is 4.90 Å². The molecule has 1 heterocycles. The number of hydrogen-bond donors (Lipinski definition) is 2. The maximum absolute atomic E-state index is 11.7. The lowest BCUT2D eigenvalue weighted by Gasteiger charge is -2.32. The monoisotopic (exact) mass is 247 g/mol. The van der Waals surface area contributed by atoms with Gasteiger partial charge in [-0.25, -0.2) is 0 Å². The van der Waals surface area contributed by atoms with Gasteiger partial charge in [-0.15, -0.1) is 0 Å². The molecule has 94 valence electrons. The molecule has 0 aromatic carbocycles. The van der Waals surface area contributed by atoms with E-state index >= 15 is 0 Å². The van der Waals surface area contributed by atoms with Gasteiger partial charge in [-0.1, -0.05) is 12.8 Å². The third kappa shape index (κ3) is 5.16. The van der Waals surface area contributed by atoms with Crippen LogP contribution in [-0.2, 0) is 9.53 Å². The Kier molecular flexibility index (Phi) is 6.79. The SMILES string of the molecule is CN1CCN(C(=O)CCOCCNS)CC1. The number of carbonyl (C=O) groups is 1. The van der Waals surface area contributed by atoms with E-state index in [-0.39, 0.29) is 5.91 Å². The highest BCUT2D eigenvalue weighted by Gasteiger charge is 2.18. The van der Waals surface area contributed by atoms with Crippen molar-refractivity contribution < 1.29 is 9.53 Å². The summed E-state index contributed by atoms with van der Waals surface area (Å²) < 4.78 is 7.98. The van der Waals surface area contributed by atoms with Gasteiger partial charge < -0.3 is 14.5 Å². The molecule has 1 N–H and O–H groups in total. The largest absolute Gasteiger partial charge is 0.380 e. The van der Waals surface area contributed by atoms with Crippen molar-refractivity contribution in [3.63, 3.8) is 0 Å². The third-order valence-corrected chi connectivity index (χ3v) is 2.90. The first-order valence-corrected chi connectivity index (χ1v) is 6.10. The molecule has 0 saturated carbocycles. The molecule has 1 amide bonds. The van der Waals surface area contributed by atoms with Crippen molar-refractivity contribution in [2.75, 3.05) is 53.0 Å². The molecule has 1 saturated heterocycles. The van der Waals surface area contributed by atoms with Crippen LogP contribution >= 0.6 is 12.8 Å². The summed E-state index contributed by atoms with van der Waals surface area (Å²) in [6.07, 6.45) is 0.482. The zero-order valence-corrected chi connectivity index (χ0v) is 10.7. The first-order chi connectivity index (χ1) is 7.74. The summed E-state index contributed by atoms with van der Waals surface area (Å²) in [5.74, 6) is 0.201. The van der Waals surface area contributed by atoms with Crippen LogP contribution in [0, 0.1) is 0 Å². The Bertz CT molecular complexity index is 208. The molecule has 0 bridgehead atoms. The van der Waals surface area contributed by atoms with Crippen molar-refractivity contribution in [2.45, 2.75) is 6.42 Å². The normalized spacial score (nSPS) is 17.8. The number of rotatable bonds is 6. The molecular weight excluding hydrogens is 226 g/mol. The predicted octanol–water partition coefficient (Wildman–Crippen LogP) is -0.398. The fraction of sp³-hybridized carbons (Fsp3) is 0.900. The molecule has 0 unspecified atom stereocenters. The number of piperazine rings is 1. The number of thiol groups is 1. The number of nitrogens with one attached hydrogen (secondary N) is 1. The predicted molar refractivity (Wildman–Crippen MR) is 66.5 cm³/mol. The van der Waals surface area contributed by atoms with Gasteiger partial charge in [-0.2, -0.15) is 0 Å². The molecule has 0 aromatic heterocycles. The molecule has 1 fully saturated rings. The van der Waals surface area contributed by atoms with Gasteiger partial charge in [0, 0.05) is 32.7 Å². The molecule has 1 rings (SSSR count). The van der Waals surface area contributed by atoms with E-state index in [9.17, 15) is 4.79 Å². The van der Waals surface area contributed by atoms with Crippen LogP contribution in [0.4, 0.5) is 0 Å². The minimum Gasteiger partial charge on any atom is -0.380 e. The van der Waals surface area contributed by atoms with Crippen molar-refractivity contribution in [1.82, 2.24) is 14.5 Å². The number of ether oxygens (including phenoxy) is 1. The average Bonchev–Trinajstić information content (AvgIpc) is 2.29. The Hall–Kier alpha value is -0.300. The molecular formula is C10H21N3O2S. The van der Waals surface area contributed by atoms with Gasteiger partial charge in [0.2, 0.25) is 5.91 Å². The molecule has 0 aliphatic carbocycles. The fourth-order valence-corrected chi connectivity index (χ4v) is 1.68. The number of amides is 1. The van der Waals surface area contributed by atoms with Crippen LogP contribution < -0.4 is 4.72 Å². The maximum Gasteiger partial charge on any atom is 0.224 e. The molecule has 16 heavy (non-hydrogen) atoms. The Morgan fingerprint density at radius 3 is 2.62 bits per heavy atom. The average molecular weight is 247 g/mol. The van der Waals surface area contributed by atoms with Crippen molar-refractivity contribution >= 4 is 18.7 Å². The Labute approximate surface area is 103 Å². The summed E-state index contributed by atoms with van der Waals surface area (Å²) in [6.45, 7) is 5.42. The molecule has 0 aromatic rings. The summed E-state index contributed by atoms with van der Waals surface area (Å²) >= 11 is 3.85. The number of carbonyl (C=O) groups excluding carboxylic acids is 1. The van der Waals surface area contributed by atoms with Crippen LogP contribution in [0.1, 0.15) is 6.42 Å². The minimum absolute atomic E-state index is 0.201. The van der Waals surface area contributed by atoms with E-state index in [0.29, 0.717) is 26.2 Å². The molecule has 0 spiro atoms. The van der Waals surface area contributed by atoms with Gasteiger partial charge in [-0.05, 0) is 7.05 Å². The van der Waals surface area contributed by atoms with Crippen molar-refractivity contribution in [3.05, 3.63) is 0 Å². The highest BCUT2D eigenvalue weighted by molar-refractivity contribution is 7.78. The Morgan fingerprint density at radius 1 is 1.31 bits per heavy atom. The molecule has 1 aliphatic heterocycles. The molecule has 5 nitrogen and oxygen atoms in total. The topological polar surface area (TPSA) is 44.8 Å². The summed E-state index contributed by atoms with van der Waals surface area (Å²) in [6, 6.07) is 0. The first kappa shape index (κ1) is 13.8. The molecule has 0 atom stereocenters. The lowest BCUT2D eigenvalue weighted by molar-refractivity contribution is -0.133. The van der Waals surface area contributed by atoms with Crippen molar-refractivity contribution in [1.29, 1.82) is 0 Å². The van der Waals surface area contributed by atoms with Gasteiger partial charge in [0.1, 0.15) is 0 Å². The van der Waals surface area contributed by atoms with Gasteiger partial charge in [0.15, 0.2) is 0 Å². The standard InChI is InChI=1S/C10H21N3O2S/c1-12-4-6-13(7-5-12)10(14)2-8-15-9-3-11-16/h11,16H,2-9H2,1H3. The van der Waals surface area contributed by atoms with E-state index in [2.05, 4.69) is 29.5 Å². The van der Waals surface area contributed by atoms with E-state index in [4.69, 9.17) is 4.74 Å². The van der Waals surface area contributed by atoms with Crippen LogP contribution in [0.3, 0.4) is 0 Å². The van der Waals surface area contributed by atoms with E-state index in [1.165, 1.54) is 0 Å². The highest BCUT2D eigenvalue weighted by Crippen LogP contribution is 2.01. The first-order valence-electron chi connectivity index (χ1n) is 5.65. The van der Waals surface area contributed by atoms with E-state index in [1.54, 1.807) is 0 Å². The van der Waals surface area contributed by atoms with Crippen molar-refractivity contribution in [2.24, 2.45) is 0 Å². The summed E-state index contributed by atoms with van der Waals surface area (Å²) in [4.78, 5) is 15.9.